The molecule has 0 unspecified atom stereocenters. The number of methoxy groups -OCH3 is 2. The van der Waals surface area contributed by atoms with E-state index < -0.39 is 12.1 Å². The summed E-state index contributed by atoms with van der Waals surface area (Å²) < 4.78 is 25.2. The topological polar surface area (TPSA) is 133 Å². The highest BCUT2D eigenvalue weighted by Crippen LogP contribution is 2.30. The number of aryl methyl sites for hydroxylation is 3. The first kappa shape index (κ1) is 32.6. The van der Waals surface area contributed by atoms with Crippen molar-refractivity contribution in [2.45, 2.75) is 64.6 Å². The molecule has 12 nitrogen and oxygen atoms in total. The van der Waals surface area contributed by atoms with Crippen molar-refractivity contribution in [1.82, 2.24) is 25.3 Å². The van der Waals surface area contributed by atoms with Crippen molar-refractivity contribution in [1.29, 1.82) is 0 Å². The third-order valence-electron chi connectivity index (χ3n) is 8.75. The van der Waals surface area contributed by atoms with Crippen LogP contribution in [0.2, 0.25) is 0 Å². The molecule has 6 rings (SSSR count). The van der Waals surface area contributed by atoms with E-state index in [9.17, 15) is 14.4 Å². The normalized spacial score (nSPS) is 18.9. The van der Waals surface area contributed by atoms with E-state index in [1.54, 1.807) is 30.2 Å². The zero-order valence-corrected chi connectivity index (χ0v) is 27.2. The minimum Gasteiger partial charge on any atom is -0.496 e. The monoisotopic (exact) mass is 633 g/mol. The predicted molar refractivity (Wildman–Crippen MR) is 170 cm³/mol. The maximum absolute atomic E-state index is 13.4. The molecule has 1 fully saturated rings. The predicted octanol–water partition coefficient (Wildman–Crippen LogP) is 2.79. The number of hydrogen-bond donors (Lipinski definition) is 2. The number of carbonyl (C=O) groups is 3. The van der Waals surface area contributed by atoms with E-state index in [2.05, 4.69) is 15.7 Å². The maximum atomic E-state index is 13.4. The van der Waals surface area contributed by atoms with Crippen LogP contribution in [-0.2, 0) is 40.8 Å². The Bertz CT molecular complexity index is 1590. The molecule has 3 aromatic rings. The van der Waals surface area contributed by atoms with Crippen LogP contribution in [0.15, 0.2) is 36.4 Å². The van der Waals surface area contributed by atoms with Gasteiger partial charge in [0, 0.05) is 63.3 Å². The molecule has 1 saturated heterocycles. The number of aromatic nitrogens is 2. The molecule has 46 heavy (non-hydrogen) atoms. The molecule has 3 amide bonds. The van der Waals surface area contributed by atoms with Gasteiger partial charge in [0.2, 0.25) is 11.8 Å². The highest BCUT2D eigenvalue weighted by Gasteiger charge is 2.34. The second kappa shape index (κ2) is 14.6. The van der Waals surface area contributed by atoms with Gasteiger partial charge in [-0.2, -0.15) is 5.10 Å². The van der Waals surface area contributed by atoms with Crippen LogP contribution in [0.4, 0.5) is 0 Å². The number of nitrogens with one attached hydrogen (secondary N) is 2. The van der Waals surface area contributed by atoms with E-state index in [0.29, 0.717) is 68.3 Å². The second-order valence-corrected chi connectivity index (χ2v) is 11.8. The highest BCUT2D eigenvalue weighted by atomic mass is 16.5. The van der Waals surface area contributed by atoms with Crippen molar-refractivity contribution in [3.05, 3.63) is 64.5 Å². The van der Waals surface area contributed by atoms with E-state index in [0.717, 1.165) is 28.1 Å². The van der Waals surface area contributed by atoms with Crippen LogP contribution >= 0.6 is 0 Å². The summed E-state index contributed by atoms with van der Waals surface area (Å²) in [6.45, 7) is 4.78. The molecule has 2 atom stereocenters. The fourth-order valence-corrected chi connectivity index (χ4v) is 6.05. The molecule has 0 spiro atoms. The van der Waals surface area contributed by atoms with Crippen LogP contribution in [0, 0.1) is 13.8 Å². The molecular weight excluding hydrogens is 590 g/mol. The molecule has 2 aromatic carbocycles. The summed E-state index contributed by atoms with van der Waals surface area (Å²) in [5.41, 5.74) is 4.75. The standard InChI is InChI=1S/C34H43N5O7/c1-21-26(22(2)38(3)37-21)10-13-34(42)39-15-14-28-27(19-39)36-33(41)20-45-31-16-23(6-11-29(31)43-4)7-12-32(40)35-18-24-8-9-25(46-28)17-30(24)44-5/h6,8-9,11,16-17,27-28H,7,10,12-15,18-20H2,1-5H3,(H,35,40)(H,36,41)/t27-,28+/m1/s1. The molecule has 0 aliphatic carbocycles. The number of likely N-dealkylation sites (tertiary alicyclic amines) is 1. The number of ether oxygens (including phenoxy) is 4. The average Bonchev–Trinajstić information content (AvgIpc) is 3.30. The van der Waals surface area contributed by atoms with E-state index in [4.69, 9.17) is 18.9 Å². The van der Waals surface area contributed by atoms with Crippen LogP contribution in [0.5, 0.6) is 23.0 Å². The number of rotatable bonds is 5. The summed E-state index contributed by atoms with van der Waals surface area (Å²) in [6.07, 6.45) is 1.79. The summed E-state index contributed by atoms with van der Waals surface area (Å²) in [4.78, 5) is 41.1. The molecule has 12 heteroatoms. The van der Waals surface area contributed by atoms with E-state index in [1.165, 1.54) is 7.11 Å². The van der Waals surface area contributed by atoms with E-state index in [-0.39, 0.29) is 30.7 Å². The number of hydrogen-bond acceptors (Lipinski definition) is 8. The van der Waals surface area contributed by atoms with Crippen LogP contribution in [0.3, 0.4) is 0 Å². The zero-order chi connectivity index (χ0) is 32.8. The van der Waals surface area contributed by atoms with Gasteiger partial charge < -0.3 is 34.5 Å². The first-order chi connectivity index (χ1) is 22.1. The molecule has 4 bridgehead atoms. The molecule has 3 aliphatic heterocycles. The largest absolute Gasteiger partial charge is 0.496 e. The smallest absolute Gasteiger partial charge is 0.258 e. The molecule has 246 valence electrons. The van der Waals surface area contributed by atoms with Crippen LogP contribution in [-0.4, -0.2) is 78.5 Å². The molecular formula is C34H43N5O7. The van der Waals surface area contributed by atoms with Crippen molar-refractivity contribution in [3.8, 4) is 23.0 Å². The Morgan fingerprint density at radius 3 is 2.59 bits per heavy atom. The summed E-state index contributed by atoms with van der Waals surface area (Å²) in [5.74, 6) is 1.59. The van der Waals surface area contributed by atoms with Crippen molar-refractivity contribution in [2.24, 2.45) is 7.05 Å². The van der Waals surface area contributed by atoms with Crippen LogP contribution < -0.4 is 29.6 Å². The quantitative estimate of drug-likeness (QED) is 0.439. The Morgan fingerprint density at radius 1 is 1.04 bits per heavy atom. The van der Waals surface area contributed by atoms with Gasteiger partial charge in [0.25, 0.3) is 5.91 Å². The Labute approximate surface area is 269 Å². The summed E-state index contributed by atoms with van der Waals surface area (Å²) >= 11 is 0. The Morgan fingerprint density at radius 2 is 1.85 bits per heavy atom. The number of benzene rings is 2. The fourth-order valence-electron chi connectivity index (χ4n) is 6.05. The SMILES string of the molecule is COc1cc2ccc1CNC(=O)CCc1ccc(OC)c(c1)OCC(=O)N[C@@H]1CN(C(=O)CCc3c(C)nn(C)c3C)CC[C@@H]1O2. The van der Waals surface area contributed by atoms with Gasteiger partial charge >= 0.3 is 0 Å². The van der Waals surface area contributed by atoms with Gasteiger partial charge in [0.05, 0.1) is 26.0 Å². The Hall–Kier alpha value is -4.74. The van der Waals surface area contributed by atoms with E-state index in [1.807, 2.05) is 43.8 Å². The Balaban J connectivity index is 1.36. The van der Waals surface area contributed by atoms with Gasteiger partial charge in [-0.15, -0.1) is 0 Å². The van der Waals surface area contributed by atoms with Gasteiger partial charge in [0.1, 0.15) is 17.6 Å². The lowest BCUT2D eigenvalue weighted by molar-refractivity contribution is -0.135. The number of fused-ring (bicyclic) bond motifs is 9. The van der Waals surface area contributed by atoms with E-state index >= 15 is 0 Å². The van der Waals surface area contributed by atoms with Crippen molar-refractivity contribution >= 4 is 17.7 Å². The third kappa shape index (κ3) is 7.72. The molecule has 2 N–H and O–H groups in total. The summed E-state index contributed by atoms with van der Waals surface area (Å²) in [6, 6.07) is 10.4. The minimum atomic E-state index is -0.490. The Kier molecular flexibility index (Phi) is 10.3. The third-order valence-corrected chi connectivity index (χ3v) is 8.75. The lowest BCUT2D eigenvalue weighted by atomic mass is 10.00. The highest BCUT2D eigenvalue weighted by molar-refractivity contribution is 5.79. The number of piperidine rings is 1. The van der Waals surface area contributed by atoms with Gasteiger partial charge in [-0.25, -0.2) is 0 Å². The average molecular weight is 634 g/mol. The molecule has 3 aliphatic rings. The second-order valence-electron chi connectivity index (χ2n) is 11.8. The zero-order valence-electron chi connectivity index (χ0n) is 27.2. The lowest BCUT2D eigenvalue weighted by Crippen LogP contribution is -2.58. The van der Waals surface area contributed by atoms with Gasteiger partial charge in [0.15, 0.2) is 18.1 Å². The van der Waals surface area contributed by atoms with Gasteiger partial charge in [-0.1, -0.05) is 6.07 Å². The van der Waals surface area contributed by atoms with Gasteiger partial charge in [-0.05, 0) is 62.1 Å². The summed E-state index contributed by atoms with van der Waals surface area (Å²) in [7, 11) is 5.01. The number of nitrogens with zero attached hydrogens (tertiary/aromatic N) is 3. The number of carbonyl (C=O) groups excluding carboxylic acids is 3. The molecule has 0 radical (unpaired) electrons. The first-order valence-electron chi connectivity index (χ1n) is 15.6. The fraction of sp³-hybridized carbons (Fsp3) is 0.471. The van der Waals surface area contributed by atoms with Crippen molar-refractivity contribution < 1.29 is 33.3 Å². The lowest BCUT2D eigenvalue weighted by Gasteiger charge is -2.39. The summed E-state index contributed by atoms with van der Waals surface area (Å²) in [5, 5.41) is 10.5. The van der Waals surface area contributed by atoms with Gasteiger partial charge in [-0.3, -0.25) is 19.1 Å². The van der Waals surface area contributed by atoms with Crippen LogP contribution in [0.25, 0.3) is 0 Å². The molecule has 1 aromatic heterocycles. The van der Waals surface area contributed by atoms with Crippen molar-refractivity contribution in [2.75, 3.05) is 33.9 Å². The molecule has 4 heterocycles. The minimum absolute atomic E-state index is 0.0109. The number of amides is 3. The van der Waals surface area contributed by atoms with Crippen molar-refractivity contribution in [3.63, 3.8) is 0 Å². The molecule has 0 saturated carbocycles. The first-order valence-corrected chi connectivity index (χ1v) is 15.6. The van der Waals surface area contributed by atoms with Crippen LogP contribution in [0.1, 0.15) is 47.3 Å². The maximum Gasteiger partial charge on any atom is 0.258 e.